The van der Waals surface area contributed by atoms with Crippen molar-refractivity contribution >= 4 is 6.29 Å². The fourth-order valence-corrected chi connectivity index (χ4v) is 1.99. The average molecular weight is 260 g/mol. The van der Waals surface area contributed by atoms with E-state index >= 15 is 0 Å². The standard InChI is InChI=1S/C14H16N2O3/c1-4-16-6-5-15-14(16)11-8-13(19-3)12(18-2)7-10(11)9-17/h5-9H,4H2,1-3H3. The Labute approximate surface area is 111 Å². The van der Waals surface area contributed by atoms with Gasteiger partial charge >= 0.3 is 0 Å². The van der Waals surface area contributed by atoms with Crippen LogP contribution in [-0.2, 0) is 6.54 Å². The van der Waals surface area contributed by atoms with Crippen LogP contribution >= 0.6 is 0 Å². The predicted octanol–water partition coefficient (Wildman–Crippen LogP) is 2.40. The lowest BCUT2D eigenvalue weighted by Crippen LogP contribution is -2.01. The number of aldehydes is 1. The van der Waals surface area contributed by atoms with Crippen LogP contribution in [-0.4, -0.2) is 30.1 Å². The number of hydrogen-bond acceptors (Lipinski definition) is 4. The predicted molar refractivity (Wildman–Crippen MR) is 71.8 cm³/mol. The summed E-state index contributed by atoms with van der Waals surface area (Å²) in [5.41, 5.74) is 1.26. The van der Waals surface area contributed by atoms with Crippen molar-refractivity contribution in [2.24, 2.45) is 0 Å². The first kappa shape index (κ1) is 13.1. The molecule has 5 nitrogen and oxygen atoms in total. The molecule has 0 fully saturated rings. The number of aromatic nitrogens is 2. The minimum atomic E-state index is 0.526. The van der Waals surface area contributed by atoms with E-state index in [2.05, 4.69) is 4.98 Å². The van der Waals surface area contributed by atoms with Gasteiger partial charge in [-0.3, -0.25) is 4.79 Å². The number of hydrogen-bond donors (Lipinski definition) is 0. The average Bonchev–Trinajstić information content (AvgIpc) is 2.93. The third kappa shape index (κ3) is 2.31. The van der Waals surface area contributed by atoms with Crippen molar-refractivity contribution in [1.29, 1.82) is 0 Å². The van der Waals surface area contributed by atoms with Crippen molar-refractivity contribution in [3.05, 3.63) is 30.1 Å². The number of methoxy groups -OCH3 is 2. The second kappa shape index (κ2) is 5.56. The second-order valence-electron chi connectivity index (χ2n) is 3.95. The van der Waals surface area contributed by atoms with Gasteiger partial charge in [0.25, 0.3) is 0 Å². The molecule has 0 saturated heterocycles. The van der Waals surface area contributed by atoms with E-state index in [0.717, 1.165) is 24.2 Å². The van der Waals surface area contributed by atoms with Crippen molar-refractivity contribution in [3.63, 3.8) is 0 Å². The lowest BCUT2D eigenvalue weighted by molar-refractivity contribution is 0.112. The van der Waals surface area contributed by atoms with E-state index in [1.54, 1.807) is 32.5 Å². The first-order chi connectivity index (χ1) is 9.24. The van der Waals surface area contributed by atoms with Gasteiger partial charge in [0.05, 0.1) is 14.2 Å². The van der Waals surface area contributed by atoms with E-state index in [-0.39, 0.29) is 0 Å². The fraction of sp³-hybridized carbons (Fsp3) is 0.286. The van der Waals surface area contributed by atoms with Gasteiger partial charge in [0, 0.05) is 30.1 Å². The highest BCUT2D eigenvalue weighted by Gasteiger charge is 2.15. The molecule has 1 aromatic heterocycles. The SMILES string of the molecule is CCn1ccnc1-c1cc(OC)c(OC)cc1C=O. The molecule has 2 rings (SSSR count). The summed E-state index contributed by atoms with van der Waals surface area (Å²) >= 11 is 0. The molecule has 19 heavy (non-hydrogen) atoms. The summed E-state index contributed by atoms with van der Waals surface area (Å²) in [5.74, 6) is 1.85. The van der Waals surface area contributed by atoms with Crippen LogP contribution in [0.4, 0.5) is 0 Å². The zero-order valence-electron chi connectivity index (χ0n) is 11.2. The van der Waals surface area contributed by atoms with Gasteiger partial charge in [-0.2, -0.15) is 0 Å². The van der Waals surface area contributed by atoms with Crippen molar-refractivity contribution < 1.29 is 14.3 Å². The van der Waals surface area contributed by atoms with Gasteiger partial charge in [-0.15, -0.1) is 0 Å². The van der Waals surface area contributed by atoms with Crippen molar-refractivity contribution in [2.75, 3.05) is 14.2 Å². The van der Waals surface area contributed by atoms with Crippen LogP contribution in [0.3, 0.4) is 0 Å². The normalized spacial score (nSPS) is 10.3. The molecule has 1 heterocycles. The number of aryl methyl sites for hydroxylation is 1. The van der Waals surface area contributed by atoms with Gasteiger partial charge in [0.1, 0.15) is 5.82 Å². The largest absolute Gasteiger partial charge is 0.493 e. The first-order valence-corrected chi connectivity index (χ1v) is 5.97. The molecule has 0 atom stereocenters. The first-order valence-electron chi connectivity index (χ1n) is 5.97. The summed E-state index contributed by atoms with van der Waals surface area (Å²) in [4.78, 5) is 15.6. The smallest absolute Gasteiger partial charge is 0.161 e. The molecule has 0 bridgehead atoms. The molecule has 0 aliphatic rings. The quantitative estimate of drug-likeness (QED) is 0.775. The molecule has 100 valence electrons. The number of nitrogens with zero attached hydrogens (tertiary/aromatic N) is 2. The lowest BCUT2D eigenvalue weighted by atomic mass is 10.1. The van der Waals surface area contributed by atoms with E-state index < -0.39 is 0 Å². The zero-order chi connectivity index (χ0) is 13.8. The highest BCUT2D eigenvalue weighted by atomic mass is 16.5. The molecule has 0 amide bonds. The van der Waals surface area contributed by atoms with Crippen molar-refractivity contribution in [1.82, 2.24) is 9.55 Å². The summed E-state index contributed by atoms with van der Waals surface area (Å²) < 4.78 is 12.4. The molecule has 0 aliphatic carbocycles. The summed E-state index contributed by atoms with van der Waals surface area (Å²) in [6, 6.07) is 3.44. The monoisotopic (exact) mass is 260 g/mol. The maximum absolute atomic E-state index is 11.3. The highest BCUT2D eigenvalue weighted by Crippen LogP contribution is 2.34. The molecule has 0 unspecified atom stereocenters. The Kier molecular flexibility index (Phi) is 3.85. The Bertz CT molecular complexity index is 590. The second-order valence-corrected chi connectivity index (χ2v) is 3.95. The molecule has 0 aliphatic heterocycles. The zero-order valence-corrected chi connectivity index (χ0v) is 11.2. The molecular formula is C14H16N2O3. The van der Waals surface area contributed by atoms with E-state index in [1.165, 1.54) is 0 Å². The van der Waals surface area contributed by atoms with E-state index in [9.17, 15) is 4.79 Å². The van der Waals surface area contributed by atoms with Crippen LogP contribution in [0.15, 0.2) is 24.5 Å². The summed E-state index contributed by atoms with van der Waals surface area (Å²) in [5, 5.41) is 0. The minimum absolute atomic E-state index is 0.526. The molecule has 5 heteroatoms. The van der Waals surface area contributed by atoms with Gasteiger partial charge in [-0.05, 0) is 19.1 Å². The van der Waals surface area contributed by atoms with Crippen LogP contribution in [0.25, 0.3) is 11.4 Å². The molecule has 0 N–H and O–H groups in total. The third-order valence-electron chi connectivity index (χ3n) is 2.98. The Morgan fingerprint density at radius 1 is 1.26 bits per heavy atom. The van der Waals surface area contributed by atoms with Gasteiger partial charge in [0.2, 0.25) is 0 Å². The molecule has 2 aromatic rings. The van der Waals surface area contributed by atoms with Crippen LogP contribution in [0, 0.1) is 0 Å². The maximum Gasteiger partial charge on any atom is 0.161 e. The Hall–Kier alpha value is -2.30. The molecule has 1 aromatic carbocycles. The van der Waals surface area contributed by atoms with Crippen LogP contribution in [0.1, 0.15) is 17.3 Å². The summed E-state index contributed by atoms with van der Waals surface area (Å²) in [7, 11) is 3.10. The number of ether oxygens (including phenoxy) is 2. The van der Waals surface area contributed by atoms with E-state index in [0.29, 0.717) is 17.1 Å². The minimum Gasteiger partial charge on any atom is -0.493 e. The van der Waals surface area contributed by atoms with Crippen LogP contribution < -0.4 is 9.47 Å². The fourth-order valence-electron chi connectivity index (χ4n) is 1.99. The van der Waals surface area contributed by atoms with E-state index in [1.807, 2.05) is 17.7 Å². The number of benzene rings is 1. The number of rotatable bonds is 5. The van der Waals surface area contributed by atoms with Crippen LogP contribution in [0.2, 0.25) is 0 Å². The van der Waals surface area contributed by atoms with Crippen molar-refractivity contribution in [2.45, 2.75) is 13.5 Å². The number of carbonyl (C=O) groups excluding carboxylic acids is 1. The maximum atomic E-state index is 11.3. The Morgan fingerprint density at radius 3 is 2.53 bits per heavy atom. The van der Waals surface area contributed by atoms with Gasteiger partial charge in [-0.25, -0.2) is 4.98 Å². The molecule has 0 radical (unpaired) electrons. The summed E-state index contributed by atoms with van der Waals surface area (Å²) in [6.07, 6.45) is 4.39. The molecular weight excluding hydrogens is 244 g/mol. The number of carbonyl (C=O) groups is 1. The topological polar surface area (TPSA) is 53.4 Å². The van der Waals surface area contributed by atoms with Gasteiger partial charge < -0.3 is 14.0 Å². The highest BCUT2D eigenvalue weighted by molar-refractivity contribution is 5.87. The lowest BCUT2D eigenvalue weighted by Gasteiger charge is -2.12. The van der Waals surface area contributed by atoms with Crippen molar-refractivity contribution in [3.8, 4) is 22.9 Å². The Morgan fingerprint density at radius 2 is 1.95 bits per heavy atom. The number of imidazole rings is 1. The van der Waals surface area contributed by atoms with Gasteiger partial charge in [0.15, 0.2) is 17.8 Å². The van der Waals surface area contributed by atoms with Gasteiger partial charge in [-0.1, -0.05) is 0 Å². The van der Waals surface area contributed by atoms with Crippen LogP contribution in [0.5, 0.6) is 11.5 Å². The molecule has 0 saturated carbocycles. The third-order valence-corrected chi connectivity index (χ3v) is 2.98. The van der Waals surface area contributed by atoms with E-state index in [4.69, 9.17) is 9.47 Å². The molecule has 0 spiro atoms. The summed E-state index contributed by atoms with van der Waals surface area (Å²) in [6.45, 7) is 2.80. The Balaban J connectivity index is 2.65.